The molecule has 1 aromatic rings. The first kappa shape index (κ1) is 11.5. The molecule has 0 amide bonds. The summed E-state index contributed by atoms with van der Waals surface area (Å²) in [7, 11) is 0. The molecule has 0 N–H and O–H groups in total. The minimum Gasteiger partial charge on any atom is -0.0879 e. The van der Waals surface area contributed by atoms with Gasteiger partial charge < -0.3 is 0 Å². The molecular formula is C15H17Cl. The smallest absolute Gasteiger partial charge is 0.0444 e. The minimum absolute atomic E-state index is 0.516. The van der Waals surface area contributed by atoms with Crippen molar-refractivity contribution in [1.29, 1.82) is 0 Å². The summed E-state index contributed by atoms with van der Waals surface area (Å²) < 4.78 is 0. The van der Waals surface area contributed by atoms with Gasteiger partial charge in [-0.1, -0.05) is 59.7 Å². The molecular weight excluding hydrogens is 216 g/mol. The van der Waals surface area contributed by atoms with Crippen molar-refractivity contribution in [3.8, 4) is 0 Å². The molecule has 1 unspecified atom stereocenters. The number of hydrogen-bond acceptors (Lipinski definition) is 0. The molecule has 16 heavy (non-hydrogen) atoms. The van der Waals surface area contributed by atoms with Gasteiger partial charge in [0.2, 0.25) is 0 Å². The highest BCUT2D eigenvalue weighted by Gasteiger charge is 2.07. The van der Waals surface area contributed by atoms with Gasteiger partial charge in [-0.15, -0.1) is 0 Å². The van der Waals surface area contributed by atoms with Gasteiger partial charge in [0.1, 0.15) is 0 Å². The van der Waals surface area contributed by atoms with Crippen molar-refractivity contribution in [3.05, 3.63) is 53.6 Å². The molecule has 84 valence electrons. The first-order valence-electron chi connectivity index (χ1n) is 5.87. The molecule has 0 aromatic heterocycles. The van der Waals surface area contributed by atoms with Crippen LogP contribution in [0.1, 0.15) is 30.4 Å². The number of aryl methyl sites for hydroxylation is 1. The van der Waals surface area contributed by atoms with E-state index >= 15 is 0 Å². The summed E-state index contributed by atoms with van der Waals surface area (Å²) in [5.41, 5.74) is 2.38. The van der Waals surface area contributed by atoms with Crippen molar-refractivity contribution < 1.29 is 0 Å². The van der Waals surface area contributed by atoms with Crippen molar-refractivity contribution in [3.63, 3.8) is 0 Å². The molecule has 0 saturated carbocycles. The molecule has 0 aliphatic heterocycles. The number of hydrogen-bond donors (Lipinski definition) is 0. The van der Waals surface area contributed by atoms with E-state index in [1.54, 1.807) is 0 Å². The van der Waals surface area contributed by atoms with Gasteiger partial charge in [0.05, 0.1) is 0 Å². The Kier molecular flexibility index (Phi) is 3.84. The van der Waals surface area contributed by atoms with Crippen LogP contribution in [0.3, 0.4) is 0 Å². The number of allylic oxidation sites excluding steroid dienone is 3. The summed E-state index contributed by atoms with van der Waals surface area (Å²) in [5, 5.41) is 0.875. The van der Waals surface area contributed by atoms with Crippen LogP contribution in [-0.4, -0.2) is 0 Å². The molecule has 1 aliphatic carbocycles. The Labute approximate surface area is 103 Å². The Bertz CT molecular complexity index is 415. The third kappa shape index (κ3) is 2.99. The monoisotopic (exact) mass is 232 g/mol. The fraction of sp³-hybridized carbons (Fsp3) is 0.333. The molecule has 0 heterocycles. The standard InChI is InChI=1S/C15H17Cl/c1-12-6-5-9-14(10-12)15(16)11-13-7-3-2-4-8-13/h3,5-7,9-11,13H,2,4,8H2,1H3/b15-11+. The second kappa shape index (κ2) is 5.36. The fourth-order valence-corrected chi connectivity index (χ4v) is 2.33. The Morgan fingerprint density at radius 2 is 2.31 bits per heavy atom. The maximum Gasteiger partial charge on any atom is 0.0444 e. The van der Waals surface area contributed by atoms with Crippen molar-refractivity contribution in [1.82, 2.24) is 0 Å². The minimum atomic E-state index is 0.516. The lowest BCUT2D eigenvalue weighted by Crippen LogP contribution is -1.97. The molecule has 0 spiro atoms. The third-order valence-corrected chi connectivity index (χ3v) is 3.29. The van der Waals surface area contributed by atoms with E-state index in [1.165, 1.54) is 24.8 Å². The third-order valence-electron chi connectivity index (χ3n) is 2.95. The Hall–Kier alpha value is -1.01. The number of benzene rings is 1. The largest absolute Gasteiger partial charge is 0.0879 e. The summed E-state index contributed by atoms with van der Waals surface area (Å²) in [4.78, 5) is 0. The van der Waals surface area contributed by atoms with E-state index in [0.29, 0.717) is 5.92 Å². The molecule has 0 fully saturated rings. The van der Waals surface area contributed by atoms with Crippen LogP contribution in [0.4, 0.5) is 0 Å². The quantitative estimate of drug-likeness (QED) is 0.635. The van der Waals surface area contributed by atoms with Crippen LogP contribution in [0.15, 0.2) is 42.5 Å². The maximum absolute atomic E-state index is 6.34. The molecule has 1 aromatic carbocycles. The zero-order valence-corrected chi connectivity index (χ0v) is 10.4. The molecule has 0 nitrogen and oxygen atoms in total. The van der Waals surface area contributed by atoms with E-state index in [4.69, 9.17) is 11.6 Å². The van der Waals surface area contributed by atoms with Gasteiger partial charge in [0, 0.05) is 5.03 Å². The summed E-state index contributed by atoms with van der Waals surface area (Å²) in [6, 6.07) is 8.34. The molecule has 2 rings (SSSR count). The van der Waals surface area contributed by atoms with E-state index in [9.17, 15) is 0 Å². The summed E-state index contributed by atoms with van der Waals surface area (Å²) in [6.07, 6.45) is 10.4. The van der Waals surface area contributed by atoms with Crippen LogP contribution in [0.5, 0.6) is 0 Å². The van der Waals surface area contributed by atoms with E-state index in [-0.39, 0.29) is 0 Å². The summed E-state index contributed by atoms with van der Waals surface area (Å²) in [6.45, 7) is 2.09. The summed E-state index contributed by atoms with van der Waals surface area (Å²) >= 11 is 6.34. The van der Waals surface area contributed by atoms with Crippen LogP contribution in [-0.2, 0) is 0 Å². The first-order chi connectivity index (χ1) is 7.75. The topological polar surface area (TPSA) is 0 Å². The second-order valence-corrected chi connectivity index (χ2v) is 4.81. The van der Waals surface area contributed by atoms with E-state index in [2.05, 4.69) is 49.4 Å². The zero-order chi connectivity index (χ0) is 11.4. The predicted molar refractivity (Wildman–Crippen MR) is 71.5 cm³/mol. The van der Waals surface area contributed by atoms with E-state index in [1.807, 2.05) is 0 Å². The molecule has 0 radical (unpaired) electrons. The molecule has 0 saturated heterocycles. The Morgan fingerprint density at radius 1 is 1.44 bits per heavy atom. The lowest BCUT2D eigenvalue weighted by molar-refractivity contribution is 0.632. The zero-order valence-electron chi connectivity index (χ0n) is 9.62. The van der Waals surface area contributed by atoms with Crippen LogP contribution in [0, 0.1) is 12.8 Å². The van der Waals surface area contributed by atoms with Crippen LogP contribution >= 0.6 is 11.6 Å². The molecule has 1 atom stereocenters. The van der Waals surface area contributed by atoms with Crippen molar-refractivity contribution in [2.75, 3.05) is 0 Å². The van der Waals surface area contributed by atoms with Crippen LogP contribution in [0.25, 0.3) is 5.03 Å². The lowest BCUT2D eigenvalue weighted by Gasteiger charge is -2.12. The molecule has 0 bridgehead atoms. The van der Waals surface area contributed by atoms with Crippen molar-refractivity contribution >= 4 is 16.6 Å². The summed E-state index contributed by atoms with van der Waals surface area (Å²) in [5.74, 6) is 0.516. The second-order valence-electron chi connectivity index (χ2n) is 4.41. The van der Waals surface area contributed by atoms with Gasteiger partial charge >= 0.3 is 0 Å². The van der Waals surface area contributed by atoms with E-state index < -0.39 is 0 Å². The van der Waals surface area contributed by atoms with Gasteiger partial charge in [-0.3, -0.25) is 0 Å². The SMILES string of the molecule is Cc1cccc(/C(Cl)=C\C2C=CCCC2)c1. The fourth-order valence-electron chi connectivity index (χ4n) is 2.06. The van der Waals surface area contributed by atoms with Crippen LogP contribution < -0.4 is 0 Å². The van der Waals surface area contributed by atoms with Crippen LogP contribution in [0.2, 0.25) is 0 Å². The highest BCUT2D eigenvalue weighted by molar-refractivity contribution is 6.48. The van der Waals surface area contributed by atoms with Gasteiger partial charge in [-0.2, -0.15) is 0 Å². The van der Waals surface area contributed by atoms with E-state index in [0.717, 1.165) is 10.6 Å². The Balaban J connectivity index is 2.17. The normalized spacial score (nSPS) is 21.1. The first-order valence-corrected chi connectivity index (χ1v) is 6.24. The van der Waals surface area contributed by atoms with Crippen molar-refractivity contribution in [2.45, 2.75) is 26.2 Å². The number of halogens is 1. The van der Waals surface area contributed by atoms with Gasteiger partial charge in [0.25, 0.3) is 0 Å². The van der Waals surface area contributed by atoms with Gasteiger partial charge in [-0.05, 0) is 37.7 Å². The molecule has 1 heteroatoms. The highest BCUT2D eigenvalue weighted by Crippen LogP contribution is 2.26. The predicted octanol–water partition coefficient (Wildman–Crippen LogP) is 4.93. The Morgan fingerprint density at radius 3 is 3.00 bits per heavy atom. The number of rotatable bonds is 2. The van der Waals surface area contributed by atoms with Gasteiger partial charge in [0.15, 0.2) is 0 Å². The maximum atomic E-state index is 6.34. The molecule has 1 aliphatic rings. The average molecular weight is 233 g/mol. The van der Waals surface area contributed by atoms with Gasteiger partial charge in [-0.25, -0.2) is 0 Å². The average Bonchev–Trinajstić information content (AvgIpc) is 2.30. The lowest BCUT2D eigenvalue weighted by atomic mass is 9.95. The van der Waals surface area contributed by atoms with Crippen molar-refractivity contribution in [2.24, 2.45) is 5.92 Å². The highest BCUT2D eigenvalue weighted by atomic mass is 35.5.